The first-order chi connectivity index (χ1) is 5.29. The number of carbonyl (C=O) groups is 1. The fourth-order valence-corrected chi connectivity index (χ4v) is 1.11. The van der Waals surface area contributed by atoms with Crippen LogP contribution < -0.4 is 10.8 Å². The monoisotopic (exact) mass is 158 g/mol. The van der Waals surface area contributed by atoms with Crippen LogP contribution in [0.3, 0.4) is 0 Å². The maximum Gasteiger partial charge on any atom is 0.321 e. The van der Waals surface area contributed by atoms with Gasteiger partial charge in [0.1, 0.15) is 0 Å². The van der Waals surface area contributed by atoms with Crippen LogP contribution in [-0.4, -0.2) is 25.1 Å². The third-order valence-corrected chi connectivity index (χ3v) is 1.71. The summed E-state index contributed by atoms with van der Waals surface area (Å²) in [4.78, 5) is 15.1. The highest BCUT2D eigenvalue weighted by Gasteiger charge is 2.12. The molecule has 1 heterocycles. The quantitative estimate of drug-likeness (QED) is 0.547. The van der Waals surface area contributed by atoms with Crippen molar-refractivity contribution in [1.29, 1.82) is 0 Å². The lowest BCUT2D eigenvalue weighted by Gasteiger charge is -2.22. The molecule has 0 spiro atoms. The summed E-state index contributed by atoms with van der Waals surface area (Å²) in [6.45, 7) is 3.39. The van der Waals surface area contributed by atoms with Crippen molar-refractivity contribution >= 4 is 5.97 Å². The largest absolute Gasteiger partial charge is 0.371 e. The highest BCUT2D eigenvalue weighted by molar-refractivity contribution is 5.65. The number of piperidine rings is 1. The van der Waals surface area contributed by atoms with Gasteiger partial charge in [-0.2, -0.15) is 0 Å². The standard InChI is InChI=1S/C7H14N2O2/c1-6(10)11-9-7-2-4-8-5-3-7/h7-9H,2-5H2,1H3. The van der Waals surface area contributed by atoms with Gasteiger partial charge in [0, 0.05) is 13.0 Å². The van der Waals surface area contributed by atoms with E-state index in [-0.39, 0.29) is 5.97 Å². The van der Waals surface area contributed by atoms with Gasteiger partial charge in [0.2, 0.25) is 0 Å². The van der Waals surface area contributed by atoms with Crippen molar-refractivity contribution in [2.75, 3.05) is 13.1 Å². The predicted octanol–water partition coefficient (Wildman–Crippen LogP) is -0.194. The minimum atomic E-state index is -0.275. The molecule has 0 aromatic rings. The smallest absolute Gasteiger partial charge is 0.321 e. The molecule has 0 aromatic heterocycles. The molecule has 0 unspecified atom stereocenters. The number of hydrogen-bond donors (Lipinski definition) is 2. The fraction of sp³-hybridized carbons (Fsp3) is 0.857. The Bertz CT molecular complexity index is 132. The lowest BCUT2D eigenvalue weighted by molar-refractivity contribution is -0.150. The molecule has 64 valence electrons. The van der Waals surface area contributed by atoms with Crippen LogP contribution in [0.5, 0.6) is 0 Å². The van der Waals surface area contributed by atoms with Gasteiger partial charge in [-0.15, -0.1) is 5.48 Å². The zero-order valence-electron chi connectivity index (χ0n) is 6.72. The number of hydroxylamine groups is 1. The zero-order valence-corrected chi connectivity index (χ0v) is 6.72. The molecule has 0 amide bonds. The normalized spacial score (nSPS) is 19.7. The molecule has 1 rings (SSSR count). The van der Waals surface area contributed by atoms with E-state index in [1.165, 1.54) is 6.92 Å². The van der Waals surface area contributed by atoms with Gasteiger partial charge in [-0.1, -0.05) is 0 Å². The predicted molar refractivity (Wildman–Crippen MR) is 40.8 cm³/mol. The molecule has 1 aliphatic rings. The molecule has 1 aliphatic heterocycles. The number of nitrogens with one attached hydrogen (secondary N) is 2. The molecular weight excluding hydrogens is 144 g/mol. The first-order valence-corrected chi connectivity index (χ1v) is 3.92. The SMILES string of the molecule is CC(=O)ONC1CCNCC1. The summed E-state index contributed by atoms with van der Waals surface area (Å²) >= 11 is 0. The Balaban J connectivity index is 2.09. The second kappa shape index (κ2) is 4.31. The molecule has 1 saturated heterocycles. The van der Waals surface area contributed by atoms with Gasteiger partial charge in [0.05, 0.1) is 0 Å². The molecule has 0 aromatic carbocycles. The van der Waals surface area contributed by atoms with E-state index in [1.807, 2.05) is 0 Å². The molecule has 4 nitrogen and oxygen atoms in total. The van der Waals surface area contributed by atoms with E-state index in [4.69, 9.17) is 0 Å². The van der Waals surface area contributed by atoms with Gasteiger partial charge in [-0.3, -0.25) is 4.79 Å². The van der Waals surface area contributed by atoms with E-state index in [9.17, 15) is 4.79 Å². The topological polar surface area (TPSA) is 50.4 Å². The average molecular weight is 158 g/mol. The summed E-state index contributed by atoms with van der Waals surface area (Å²) < 4.78 is 0. The van der Waals surface area contributed by atoms with Gasteiger partial charge in [0.25, 0.3) is 0 Å². The molecular formula is C7H14N2O2. The zero-order chi connectivity index (χ0) is 8.10. The molecule has 0 atom stereocenters. The van der Waals surface area contributed by atoms with Crippen molar-refractivity contribution in [3.05, 3.63) is 0 Å². The third kappa shape index (κ3) is 3.34. The second-order valence-corrected chi connectivity index (χ2v) is 2.74. The van der Waals surface area contributed by atoms with E-state index >= 15 is 0 Å². The molecule has 0 aliphatic carbocycles. The van der Waals surface area contributed by atoms with E-state index in [2.05, 4.69) is 15.6 Å². The van der Waals surface area contributed by atoms with Crippen molar-refractivity contribution < 1.29 is 9.63 Å². The van der Waals surface area contributed by atoms with Gasteiger partial charge in [-0.05, 0) is 25.9 Å². The van der Waals surface area contributed by atoms with E-state index in [1.54, 1.807) is 0 Å². The summed E-state index contributed by atoms with van der Waals surface area (Å²) in [5, 5.41) is 3.22. The third-order valence-electron chi connectivity index (χ3n) is 1.71. The van der Waals surface area contributed by atoms with Crippen LogP contribution in [0.25, 0.3) is 0 Å². The Morgan fingerprint density at radius 2 is 2.18 bits per heavy atom. The molecule has 4 heteroatoms. The van der Waals surface area contributed by atoms with Crippen LogP contribution in [-0.2, 0) is 9.63 Å². The molecule has 0 bridgehead atoms. The van der Waals surface area contributed by atoms with Gasteiger partial charge < -0.3 is 10.2 Å². The van der Waals surface area contributed by atoms with Gasteiger partial charge in [0.15, 0.2) is 0 Å². The van der Waals surface area contributed by atoms with Crippen LogP contribution in [0.15, 0.2) is 0 Å². The van der Waals surface area contributed by atoms with Crippen LogP contribution in [0.1, 0.15) is 19.8 Å². The Hall–Kier alpha value is -0.610. The van der Waals surface area contributed by atoms with Crippen molar-refractivity contribution in [2.45, 2.75) is 25.8 Å². The summed E-state index contributed by atoms with van der Waals surface area (Å²) in [5.41, 5.74) is 2.73. The Labute approximate surface area is 66.3 Å². The van der Waals surface area contributed by atoms with Crippen molar-refractivity contribution in [3.63, 3.8) is 0 Å². The van der Waals surface area contributed by atoms with Crippen LogP contribution in [0, 0.1) is 0 Å². The summed E-state index contributed by atoms with van der Waals surface area (Å²) in [6.07, 6.45) is 2.04. The lowest BCUT2D eigenvalue weighted by atomic mass is 10.1. The lowest BCUT2D eigenvalue weighted by Crippen LogP contribution is -2.40. The number of hydrogen-bond acceptors (Lipinski definition) is 4. The molecule has 11 heavy (non-hydrogen) atoms. The fourth-order valence-electron chi connectivity index (χ4n) is 1.11. The first-order valence-electron chi connectivity index (χ1n) is 3.92. The number of carbonyl (C=O) groups excluding carboxylic acids is 1. The molecule has 0 radical (unpaired) electrons. The van der Waals surface area contributed by atoms with E-state index in [0.717, 1.165) is 25.9 Å². The molecule has 2 N–H and O–H groups in total. The van der Waals surface area contributed by atoms with E-state index in [0.29, 0.717) is 6.04 Å². The van der Waals surface area contributed by atoms with Gasteiger partial charge in [-0.25, -0.2) is 0 Å². The van der Waals surface area contributed by atoms with Crippen molar-refractivity contribution in [3.8, 4) is 0 Å². The summed E-state index contributed by atoms with van der Waals surface area (Å²) in [6, 6.07) is 0.333. The van der Waals surface area contributed by atoms with Crippen LogP contribution in [0.2, 0.25) is 0 Å². The highest BCUT2D eigenvalue weighted by atomic mass is 16.7. The van der Waals surface area contributed by atoms with Gasteiger partial charge >= 0.3 is 5.97 Å². The molecule has 1 fully saturated rings. The van der Waals surface area contributed by atoms with Crippen molar-refractivity contribution in [1.82, 2.24) is 10.8 Å². The summed E-state index contributed by atoms with van der Waals surface area (Å²) in [5.74, 6) is -0.275. The van der Waals surface area contributed by atoms with Crippen molar-refractivity contribution in [2.24, 2.45) is 0 Å². The maximum atomic E-state index is 10.4. The average Bonchev–Trinajstić information content (AvgIpc) is 2.03. The Morgan fingerprint density at radius 1 is 1.55 bits per heavy atom. The first kappa shape index (κ1) is 8.49. The molecule has 0 saturated carbocycles. The maximum absolute atomic E-state index is 10.4. The Morgan fingerprint density at radius 3 is 2.73 bits per heavy atom. The minimum absolute atomic E-state index is 0.275. The highest BCUT2D eigenvalue weighted by Crippen LogP contribution is 2.01. The minimum Gasteiger partial charge on any atom is -0.371 e. The van der Waals surface area contributed by atoms with Crippen LogP contribution in [0.4, 0.5) is 0 Å². The van der Waals surface area contributed by atoms with Crippen LogP contribution >= 0.6 is 0 Å². The number of rotatable bonds is 2. The second-order valence-electron chi connectivity index (χ2n) is 2.74. The van der Waals surface area contributed by atoms with E-state index < -0.39 is 0 Å². The Kier molecular flexibility index (Phi) is 3.32. The summed E-state index contributed by atoms with van der Waals surface area (Å²) in [7, 11) is 0.